The van der Waals surface area contributed by atoms with E-state index in [4.69, 9.17) is 4.74 Å². The zero-order valence-electron chi connectivity index (χ0n) is 19.2. The lowest BCUT2D eigenvalue weighted by Crippen LogP contribution is -2.53. The van der Waals surface area contributed by atoms with Crippen molar-refractivity contribution in [1.82, 2.24) is 24.8 Å². The number of likely N-dealkylation sites (tertiary alicyclic amines) is 1. The van der Waals surface area contributed by atoms with Crippen molar-refractivity contribution in [3.8, 4) is 5.75 Å². The molecule has 2 aliphatic rings. The summed E-state index contributed by atoms with van der Waals surface area (Å²) >= 11 is 3.42. The first kappa shape index (κ1) is 22.2. The third-order valence-electron chi connectivity index (χ3n) is 7.50. The van der Waals surface area contributed by atoms with Gasteiger partial charge in [-0.3, -0.25) is 9.80 Å². The maximum atomic E-state index is 10.5. The van der Waals surface area contributed by atoms with E-state index in [0.29, 0.717) is 0 Å². The van der Waals surface area contributed by atoms with Crippen LogP contribution in [0.2, 0.25) is 0 Å². The number of thiazole rings is 2. The third-order valence-corrected chi connectivity index (χ3v) is 9.02. The Morgan fingerprint density at radius 3 is 2.50 bits per heavy atom. The number of ether oxygens (including phenoxy) is 1. The van der Waals surface area contributed by atoms with Crippen LogP contribution in [-0.4, -0.2) is 63.2 Å². The Kier molecular flexibility index (Phi) is 5.90. The lowest BCUT2D eigenvalue weighted by molar-refractivity contribution is 0.0419. The molecule has 0 aliphatic carbocycles. The third kappa shape index (κ3) is 3.85. The number of benzene rings is 1. The second kappa shape index (κ2) is 9.05. The van der Waals surface area contributed by atoms with Crippen LogP contribution in [0.3, 0.4) is 0 Å². The number of nitrogens with zero attached hydrogens (tertiary/aromatic N) is 4. The average Bonchev–Trinajstić information content (AvgIpc) is 3.62. The van der Waals surface area contributed by atoms with Crippen LogP contribution in [0.5, 0.6) is 5.75 Å². The number of methoxy groups -OCH3 is 1. The molecule has 0 unspecified atom stereocenters. The standard InChI is InChI=1S/C25H29N5O2S2/c1-32-17-2-3-18-19(12-17)28-24-20(15-31)30(14-22-27-7-11-34-22)16-25(23(18)24)4-8-29(9-5-25)13-21-26-6-10-33-21/h2-3,6-7,10-12,20,28,31H,4-5,8-9,13-16H2,1H3/t20-/m0/s1. The smallest absolute Gasteiger partial charge is 0.120 e. The van der Waals surface area contributed by atoms with Gasteiger partial charge in [-0.25, -0.2) is 9.97 Å². The number of rotatable bonds is 6. The molecule has 5 heterocycles. The van der Waals surface area contributed by atoms with E-state index in [1.54, 1.807) is 29.8 Å². The van der Waals surface area contributed by atoms with Gasteiger partial charge in [0.25, 0.3) is 0 Å². The molecule has 7 nitrogen and oxygen atoms in total. The lowest BCUT2D eigenvalue weighted by atomic mass is 9.68. The van der Waals surface area contributed by atoms with Crippen LogP contribution in [0, 0.1) is 0 Å². The Morgan fingerprint density at radius 2 is 1.85 bits per heavy atom. The maximum absolute atomic E-state index is 10.5. The van der Waals surface area contributed by atoms with E-state index in [1.807, 2.05) is 17.8 Å². The molecule has 1 spiro atoms. The highest BCUT2D eigenvalue weighted by atomic mass is 32.1. The van der Waals surface area contributed by atoms with Crippen molar-refractivity contribution in [1.29, 1.82) is 0 Å². The summed E-state index contributed by atoms with van der Waals surface area (Å²) in [5, 5.41) is 18.1. The van der Waals surface area contributed by atoms with Gasteiger partial charge >= 0.3 is 0 Å². The van der Waals surface area contributed by atoms with Gasteiger partial charge in [-0.2, -0.15) is 0 Å². The summed E-state index contributed by atoms with van der Waals surface area (Å²) in [5.74, 6) is 0.846. The highest BCUT2D eigenvalue weighted by Gasteiger charge is 2.47. The van der Waals surface area contributed by atoms with Gasteiger partial charge < -0.3 is 14.8 Å². The van der Waals surface area contributed by atoms with Crippen LogP contribution in [0.1, 0.15) is 40.2 Å². The Bertz CT molecular complexity index is 1250. The molecule has 1 saturated heterocycles. The lowest BCUT2D eigenvalue weighted by Gasteiger charge is -2.50. The quantitative estimate of drug-likeness (QED) is 0.418. The van der Waals surface area contributed by atoms with E-state index in [-0.39, 0.29) is 18.1 Å². The van der Waals surface area contributed by atoms with Gasteiger partial charge in [-0.15, -0.1) is 22.7 Å². The van der Waals surface area contributed by atoms with Crippen LogP contribution in [-0.2, 0) is 18.5 Å². The van der Waals surface area contributed by atoms with Gasteiger partial charge in [-0.05, 0) is 43.6 Å². The largest absolute Gasteiger partial charge is 0.497 e. The van der Waals surface area contributed by atoms with Gasteiger partial charge in [0.05, 0.1) is 32.8 Å². The van der Waals surface area contributed by atoms with Crippen molar-refractivity contribution >= 4 is 33.6 Å². The molecule has 0 saturated carbocycles. The maximum Gasteiger partial charge on any atom is 0.120 e. The summed E-state index contributed by atoms with van der Waals surface area (Å²) in [6.45, 7) is 4.76. The van der Waals surface area contributed by atoms with Gasteiger partial charge in [0.2, 0.25) is 0 Å². The molecule has 4 aromatic rings. The second-order valence-corrected chi connectivity index (χ2v) is 11.3. The van der Waals surface area contributed by atoms with Crippen LogP contribution in [0.25, 0.3) is 10.9 Å². The minimum absolute atomic E-state index is 0.0322. The van der Waals surface area contributed by atoms with E-state index in [0.717, 1.165) is 67.5 Å². The van der Waals surface area contributed by atoms with E-state index in [2.05, 4.69) is 48.3 Å². The Morgan fingerprint density at radius 1 is 1.12 bits per heavy atom. The van der Waals surface area contributed by atoms with Crippen molar-refractivity contribution in [3.05, 3.63) is 62.6 Å². The first-order valence-electron chi connectivity index (χ1n) is 11.7. The molecule has 1 fully saturated rings. The van der Waals surface area contributed by atoms with Gasteiger partial charge in [0.15, 0.2) is 0 Å². The number of aromatic amines is 1. The molecule has 0 radical (unpaired) electrons. The number of nitrogens with one attached hydrogen (secondary N) is 1. The summed E-state index contributed by atoms with van der Waals surface area (Å²) < 4.78 is 5.50. The fraction of sp³-hybridized carbons (Fsp3) is 0.440. The molecule has 9 heteroatoms. The number of hydrogen-bond donors (Lipinski definition) is 2. The molecule has 178 valence electrons. The van der Waals surface area contributed by atoms with Crippen LogP contribution in [0.15, 0.2) is 41.4 Å². The Labute approximate surface area is 207 Å². The van der Waals surface area contributed by atoms with Gasteiger partial charge in [-0.1, -0.05) is 0 Å². The Balaban J connectivity index is 1.39. The zero-order chi connectivity index (χ0) is 23.1. The molecule has 1 aromatic carbocycles. The van der Waals surface area contributed by atoms with Crippen LogP contribution in [0.4, 0.5) is 0 Å². The van der Waals surface area contributed by atoms with Crippen molar-refractivity contribution in [2.45, 2.75) is 37.4 Å². The van der Waals surface area contributed by atoms with E-state index >= 15 is 0 Å². The van der Waals surface area contributed by atoms with E-state index in [1.165, 1.54) is 16.0 Å². The monoisotopic (exact) mass is 495 g/mol. The number of piperidine rings is 1. The molecule has 34 heavy (non-hydrogen) atoms. The van der Waals surface area contributed by atoms with Crippen LogP contribution < -0.4 is 4.74 Å². The van der Waals surface area contributed by atoms with Gasteiger partial charge in [0.1, 0.15) is 15.8 Å². The van der Waals surface area contributed by atoms with Gasteiger partial charge in [0, 0.05) is 57.8 Å². The normalized spacial score (nSPS) is 20.7. The number of fused-ring (bicyclic) bond motifs is 4. The fourth-order valence-corrected chi connectivity index (χ4v) is 7.15. The van der Waals surface area contributed by atoms with E-state index < -0.39 is 0 Å². The summed E-state index contributed by atoms with van der Waals surface area (Å²) in [7, 11) is 1.70. The van der Waals surface area contributed by atoms with Crippen molar-refractivity contribution in [3.63, 3.8) is 0 Å². The first-order valence-corrected chi connectivity index (χ1v) is 13.5. The first-order chi connectivity index (χ1) is 16.7. The molecular weight excluding hydrogens is 466 g/mol. The minimum Gasteiger partial charge on any atom is -0.497 e. The highest BCUT2D eigenvalue weighted by Crippen LogP contribution is 2.49. The molecule has 0 amide bonds. The predicted octanol–water partition coefficient (Wildman–Crippen LogP) is 4.17. The molecule has 3 aromatic heterocycles. The molecular formula is C25H29N5O2S2. The molecule has 2 aliphatic heterocycles. The van der Waals surface area contributed by atoms with E-state index in [9.17, 15) is 5.11 Å². The SMILES string of the molecule is COc1ccc2c3c([nH]c2c1)[C@H](CO)N(Cc1nccs1)CC31CCN(Cc2nccs2)CC1. The topological polar surface area (TPSA) is 77.5 Å². The zero-order valence-corrected chi connectivity index (χ0v) is 20.9. The van der Waals surface area contributed by atoms with Crippen molar-refractivity contribution in [2.24, 2.45) is 0 Å². The number of hydrogen-bond acceptors (Lipinski definition) is 8. The minimum atomic E-state index is -0.0729. The number of H-pyrrole nitrogens is 1. The molecule has 6 rings (SSSR count). The van der Waals surface area contributed by atoms with Crippen molar-refractivity contribution in [2.75, 3.05) is 33.4 Å². The summed E-state index contributed by atoms with van der Waals surface area (Å²) in [5.41, 5.74) is 3.67. The molecule has 0 bridgehead atoms. The molecule has 1 atom stereocenters. The summed E-state index contributed by atoms with van der Waals surface area (Å²) in [6, 6.07) is 6.25. The van der Waals surface area contributed by atoms with Crippen LogP contribution >= 0.6 is 22.7 Å². The summed E-state index contributed by atoms with van der Waals surface area (Å²) in [6.07, 6.45) is 5.92. The highest BCUT2D eigenvalue weighted by molar-refractivity contribution is 7.09. The number of aliphatic hydroxyl groups is 1. The number of aliphatic hydroxyl groups excluding tert-OH is 1. The fourth-order valence-electron chi connectivity index (χ4n) is 5.85. The summed E-state index contributed by atoms with van der Waals surface area (Å²) in [4.78, 5) is 17.7. The average molecular weight is 496 g/mol. The van der Waals surface area contributed by atoms with Crippen molar-refractivity contribution < 1.29 is 9.84 Å². The second-order valence-electron chi connectivity index (χ2n) is 9.34. The molecule has 2 N–H and O–H groups in total. The predicted molar refractivity (Wildman–Crippen MR) is 136 cm³/mol. The Hall–Kier alpha value is -2.30. The number of aromatic nitrogens is 3.